The van der Waals surface area contributed by atoms with Crippen molar-refractivity contribution < 1.29 is 53.5 Å². The lowest BCUT2D eigenvalue weighted by molar-refractivity contribution is -0.237. The standard InChI is InChI=1S/C10H18N2O2.C4H6F4.C2H4F2.CF4/c1-7(13)11-9-3-5-10(6-4-9)12-8(2)14;1-3(2-5)4(6,7)8;3-1-2-4;2-1(3,4)5/h9-10H,3-6H2,1-2H3,(H,11,13)(H,12,14);3H,2H2,1H3;1-2H2;. The molecule has 1 aliphatic rings. The van der Waals surface area contributed by atoms with Crippen molar-refractivity contribution in [3.8, 4) is 0 Å². The Kier molecular flexibility index (Phi) is 19.5. The lowest BCUT2D eigenvalue weighted by Crippen LogP contribution is -2.42. The van der Waals surface area contributed by atoms with E-state index in [2.05, 4.69) is 10.6 Å². The molecule has 0 aromatic rings. The van der Waals surface area contributed by atoms with E-state index >= 15 is 0 Å². The minimum absolute atomic E-state index is 0.0352. The van der Waals surface area contributed by atoms with E-state index < -0.39 is 38.5 Å². The fourth-order valence-electron chi connectivity index (χ4n) is 2.04. The number of rotatable bonds is 4. The number of carbonyl (C=O) groups is 2. The normalized spacial score (nSPS) is 19.1. The maximum atomic E-state index is 11.2. The molecule has 0 aromatic carbocycles. The highest BCUT2D eigenvalue weighted by Crippen LogP contribution is 2.25. The molecule has 31 heavy (non-hydrogen) atoms. The molecule has 0 saturated heterocycles. The zero-order valence-corrected chi connectivity index (χ0v) is 17.3. The number of halogens is 10. The molecule has 1 atom stereocenters. The summed E-state index contributed by atoms with van der Waals surface area (Å²) < 4.78 is 104. The van der Waals surface area contributed by atoms with Crippen LogP contribution >= 0.6 is 0 Å². The lowest BCUT2D eigenvalue weighted by atomic mass is 9.91. The fourth-order valence-corrected chi connectivity index (χ4v) is 2.04. The number of nitrogens with one attached hydrogen (secondary N) is 2. The summed E-state index contributed by atoms with van der Waals surface area (Å²) in [6, 6.07) is 0.606. The van der Waals surface area contributed by atoms with Gasteiger partial charge in [-0.05, 0) is 25.7 Å². The largest absolute Gasteiger partial charge is 0.559 e. The van der Waals surface area contributed by atoms with Crippen LogP contribution in [0.25, 0.3) is 0 Å². The Morgan fingerprint density at radius 3 is 1.13 bits per heavy atom. The smallest absolute Gasteiger partial charge is 0.354 e. The summed E-state index contributed by atoms with van der Waals surface area (Å²) in [7, 11) is 0. The SMILES string of the molecule is CC(=O)NC1CCC(NC(C)=O)CC1.CC(CF)C(F)(F)F.FC(F)(F)F.FCCF. The molecule has 1 saturated carbocycles. The summed E-state index contributed by atoms with van der Waals surface area (Å²) in [5, 5.41) is 5.81. The molecule has 0 bridgehead atoms. The fraction of sp³-hybridized carbons (Fsp3) is 0.882. The second kappa shape index (κ2) is 17.9. The topological polar surface area (TPSA) is 58.2 Å². The Hall–Kier alpha value is -1.76. The summed E-state index contributed by atoms with van der Waals surface area (Å²) in [5.41, 5.74) is 0. The maximum Gasteiger partial charge on any atom is 0.559 e. The average Bonchev–Trinajstić information content (AvgIpc) is 2.60. The summed E-state index contributed by atoms with van der Waals surface area (Å²) in [5.74, 6) is -1.75. The molecule has 0 aliphatic heterocycles. The first-order chi connectivity index (χ1) is 14.0. The van der Waals surface area contributed by atoms with E-state index in [0.717, 1.165) is 32.6 Å². The van der Waals surface area contributed by atoms with Crippen molar-refractivity contribution in [1.29, 1.82) is 0 Å². The van der Waals surface area contributed by atoms with Crippen molar-refractivity contribution in [3.63, 3.8) is 0 Å². The van der Waals surface area contributed by atoms with Crippen LogP contribution in [0.3, 0.4) is 0 Å². The zero-order chi connectivity index (χ0) is 25.3. The number of carbonyl (C=O) groups excluding carboxylic acids is 2. The average molecular weight is 482 g/mol. The first-order valence-corrected chi connectivity index (χ1v) is 9.02. The second-order valence-corrected chi connectivity index (χ2v) is 6.35. The summed E-state index contributed by atoms with van der Waals surface area (Å²) >= 11 is 0. The van der Waals surface area contributed by atoms with Crippen molar-refractivity contribution in [2.45, 2.75) is 71.1 Å². The van der Waals surface area contributed by atoms with E-state index in [1.54, 1.807) is 13.8 Å². The molecule has 0 spiro atoms. The van der Waals surface area contributed by atoms with Gasteiger partial charge in [0, 0.05) is 25.9 Å². The number of amides is 2. The predicted molar refractivity (Wildman–Crippen MR) is 94.0 cm³/mol. The van der Waals surface area contributed by atoms with Gasteiger partial charge in [0.25, 0.3) is 0 Å². The Morgan fingerprint density at radius 1 is 0.774 bits per heavy atom. The molecule has 1 aliphatic carbocycles. The maximum absolute atomic E-state index is 11.2. The molecule has 0 aromatic heterocycles. The van der Waals surface area contributed by atoms with E-state index in [1.807, 2.05) is 0 Å². The molecule has 2 N–H and O–H groups in total. The molecule has 2 amide bonds. The molecular weight excluding hydrogens is 454 g/mol. The summed E-state index contributed by atoms with van der Waals surface area (Å²) in [4.78, 5) is 21.6. The van der Waals surface area contributed by atoms with Crippen LogP contribution < -0.4 is 10.6 Å². The van der Waals surface area contributed by atoms with Crippen LogP contribution in [0, 0.1) is 5.92 Å². The molecular formula is C17H28F10N2O2. The van der Waals surface area contributed by atoms with Crippen LogP contribution in [-0.4, -0.2) is 56.5 Å². The Labute approximate surface area is 174 Å². The molecule has 4 nitrogen and oxygen atoms in total. The Balaban J connectivity index is -0.000000390. The van der Waals surface area contributed by atoms with E-state index in [9.17, 15) is 53.5 Å². The summed E-state index contributed by atoms with van der Waals surface area (Å²) in [6.07, 6.45) is -6.02. The van der Waals surface area contributed by atoms with Gasteiger partial charge in [0.05, 0.1) is 5.92 Å². The van der Waals surface area contributed by atoms with Gasteiger partial charge in [-0.25, -0.2) is 8.78 Å². The first-order valence-electron chi connectivity index (χ1n) is 9.02. The van der Waals surface area contributed by atoms with E-state index in [-0.39, 0.29) is 11.8 Å². The number of alkyl halides is 10. The monoisotopic (exact) mass is 482 g/mol. The molecule has 1 fully saturated rings. The Bertz CT molecular complexity index is 433. The van der Waals surface area contributed by atoms with Gasteiger partial charge in [-0.2, -0.15) is 13.2 Å². The first kappa shape index (κ1) is 33.9. The molecule has 14 heteroatoms. The highest BCUT2D eigenvalue weighted by molar-refractivity contribution is 5.73. The van der Waals surface area contributed by atoms with Crippen LogP contribution in [0.4, 0.5) is 43.9 Å². The van der Waals surface area contributed by atoms with Gasteiger partial charge in [0.1, 0.15) is 20.0 Å². The van der Waals surface area contributed by atoms with Crippen LogP contribution in [-0.2, 0) is 9.59 Å². The van der Waals surface area contributed by atoms with E-state index in [0.29, 0.717) is 12.1 Å². The van der Waals surface area contributed by atoms with Crippen molar-refractivity contribution in [3.05, 3.63) is 0 Å². The highest BCUT2D eigenvalue weighted by Gasteiger charge is 2.35. The second-order valence-electron chi connectivity index (χ2n) is 6.35. The van der Waals surface area contributed by atoms with Gasteiger partial charge in [-0.15, -0.1) is 17.6 Å². The summed E-state index contributed by atoms with van der Waals surface area (Å²) in [6.45, 7) is 0.864. The third-order valence-electron chi connectivity index (χ3n) is 3.40. The van der Waals surface area contributed by atoms with Gasteiger partial charge >= 0.3 is 12.6 Å². The van der Waals surface area contributed by atoms with Crippen molar-refractivity contribution in [1.82, 2.24) is 10.6 Å². The molecule has 188 valence electrons. The predicted octanol–water partition coefficient (Wildman–Crippen LogP) is 5.13. The molecule has 1 unspecified atom stereocenters. The quantitative estimate of drug-likeness (QED) is 0.547. The molecule has 0 heterocycles. The number of hydrogen-bond acceptors (Lipinski definition) is 2. The highest BCUT2D eigenvalue weighted by atomic mass is 19.5. The minimum Gasteiger partial charge on any atom is -0.354 e. The third kappa shape index (κ3) is 30.5. The molecule has 0 radical (unpaired) electrons. The van der Waals surface area contributed by atoms with E-state index in [1.165, 1.54) is 0 Å². The number of hydrogen-bond donors (Lipinski definition) is 2. The Morgan fingerprint density at radius 2 is 1.03 bits per heavy atom. The van der Waals surface area contributed by atoms with Crippen LogP contribution in [0.15, 0.2) is 0 Å². The molecule has 1 rings (SSSR count). The van der Waals surface area contributed by atoms with E-state index in [4.69, 9.17) is 0 Å². The van der Waals surface area contributed by atoms with Gasteiger partial charge in [0.2, 0.25) is 11.8 Å². The van der Waals surface area contributed by atoms with Crippen molar-refractivity contribution >= 4 is 11.8 Å². The van der Waals surface area contributed by atoms with Gasteiger partial charge in [-0.3, -0.25) is 14.0 Å². The minimum atomic E-state index is -5.50. The van der Waals surface area contributed by atoms with Gasteiger partial charge < -0.3 is 10.6 Å². The van der Waals surface area contributed by atoms with Crippen molar-refractivity contribution in [2.75, 3.05) is 20.0 Å². The van der Waals surface area contributed by atoms with Crippen molar-refractivity contribution in [2.24, 2.45) is 5.92 Å². The van der Waals surface area contributed by atoms with Gasteiger partial charge in [-0.1, -0.05) is 6.92 Å². The van der Waals surface area contributed by atoms with Crippen LogP contribution in [0.5, 0.6) is 0 Å². The zero-order valence-electron chi connectivity index (χ0n) is 17.3. The lowest BCUT2D eigenvalue weighted by Gasteiger charge is -2.29. The van der Waals surface area contributed by atoms with Crippen LogP contribution in [0.1, 0.15) is 46.5 Å². The van der Waals surface area contributed by atoms with Gasteiger partial charge in [0.15, 0.2) is 0 Å². The third-order valence-corrected chi connectivity index (χ3v) is 3.40. The van der Waals surface area contributed by atoms with Crippen LogP contribution in [0.2, 0.25) is 0 Å².